The number of fused-ring (bicyclic) bond motifs is 1. The normalized spacial score (nSPS) is 14.8. The zero-order valence-corrected chi connectivity index (χ0v) is 17.8. The molecule has 1 saturated heterocycles. The van der Waals surface area contributed by atoms with Crippen molar-refractivity contribution >= 4 is 33.3 Å². The van der Waals surface area contributed by atoms with Gasteiger partial charge >= 0.3 is 0 Å². The summed E-state index contributed by atoms with van der Waals surface area (Å²) < 4.78 is 5.12. The lowest BCUT2D eigenvalue weighted by Gasteiger charge is -2.35. The molecule has 0 spiro atoms. The van der Waals surface area contributed by atoms with Crippen LogP contribution in [0.5, 0.6) is 0 Å². The molecule has 7 nitrogen and oxygen atoms in total. The minimum absolute atomic E-state index is 0.168. The lowest BCUT2D eigenvalue weighted by atomic mass is 10.2. The van der Waals surface area contributed by atoms with Crippen LogP contribution in [-0.4, -0.2) is 60.0 Å². The van der Waals surface area contributed by atoms with E-state index in [2.05, 4.69) is 55.4 Å². The number of hydrogen-bond donors (Lipinski definition) is 1. The van der Waals surface area contributed by atoms with E-state index in [0.29, 0.717) is 12.3 Å². The van der Waals surface area contributed by atoms with Gasteiger partial charge in [0.05, 0.1) is 11.6 Å². The molecule has 1 aromatic carbocycles. The number of nitrogens with zero attached hydrogens (tertiary/aromatic N) is 4. The van der Waals surface area contributed by atoms with Gasteiger partial charge in [-0.15, -0.1) is 11.3 Å². The van der Waals surface area contributed by atoms with Gasteiger partial charge in [0.2, 0.25) is 0 Å². The van der Waals surface area contributed by atoms with E-state index in [1.54, 1.807) is 29.8 Å². The molecular weight excluding hydrogens is 410 g/mol. The van der Waals surface area contributed by atoms with E-state index < -0.39 is 0 Å². The molecule has 1 aliphatic heterocycles. The number of benzene rings is 1. The van der Waals surface area contributed by atoms with Crippen LogP contribution in [0.3, 0.4) is 0 Å². The lowest BCUT2D eigenvalue weighted by Crippen LogP contribution is -2.48. The third kappa shape index (κ3) is 4.30. The Labute approximate surface area is 184 Å². The molecule has 4 heterocycles. The molecule has 0 unspecified atom stereocenters. The Morgan fingerprint density at radius 3 is 2.68 bits per heavy atom. The molecule has 0 bridgehead atoms. The van der Waals surface area contributed by atoms with Crippen LogP contribution < -0.4 is 10.2 Å². The molecule has 158 valence electrons. The molecule has 8 heteroatoms. The largest absolute Gasteiger partial charge is 0.459 e. The molecule has 1 amide bonds. The fraction of sp³-hybridized carbons (Fsp3) is 0.261. The van der Waals surface area contributed by atoms with E-state index in [1.165, 1.54) is 16.7 Å². The van der Waals surface area contributed by atoms with Gasteiger partial charge in [0.1, 0.15) is 17.0 Å². The second kappa shape index (κ2) is 8.87. The van der Waals surface area contributed by atoms with Crippen molar-refractivity contribution in [1.82, 2.24) is 20.2 Å². The number of furan rings is 1. The van der Waals surface area contributed by atoms with Crippen LogP contribution in [0, 0.1) is 0 Å². The molecular formula is C23H23N5O2S. The maximum atomic E-state index is 12.0. The monoisotopic (exact) mass is 433 g/mol. The Morgan fingerprint density at radius 2 is 1.90 bits per heavy atom. The highest BCUT2D eigenvalue weighted by atomic mass is 32.1. The summed E-state index contributed by atoms with van der Waals surface area (Å²) in [6.45, 7) is 5.07. The first kappa shape index (κ1) is 19.7. The Kier molecular flexibility index (Phi) is 5.64. The van der Waals surface area contributed by atoms with Gasteiger partial charge in [-0.1, -0.05) is 30.3 Å². The molecule has 3 aromatic heterocycles. The first-order chi connectivity index (χ1) is 15.3. The number of carbonyl (C=O) groups is 1. The summed E-state index contributed by atoms with van der Waals surface area (Å²) in [5.74, 6) is 1.19. The number of carbonyl (C=O) groups excluding carboxylic acids is 1. The van der Waals surface area contributed by atoms with Crippen LogP contribution in [0.1, 0.15) is 10.6 Å². The van der Waals surface area contributed by atoms with E-state index in [1.807, 2.05) is 6.07 Å². The van der Waals surface area contributed by atoms with Crippen LogP contribution in [0.4, 0.5) is 5.82 Å². The maximum absolute atomic E-state index is 12.0. The van der Waals surface area contributed by atoms with Crippen molar-refractivity contribution in [3.63, 3.8) is 0 Å². The minimum atomic E-state index is -0.168. The van der Waals surface area contributed by atoms with Crippen molar-refractivity contribution in [3.8, 4) is 10.4 Å². The highest BCUT2D eigenvalue weighted by Gasteiger charge is 2.21. The molecule has 0 radical (unpaired) electrons. The van der Waals surface area contributed by atoms with Crippen molar-refractivity contribution in [2.75, 3.05) is 44.2 Å². The first-order valence-electron chi connectivity index (χ1n) is 10.4. The standard InChI is InChI=1S/C23H23N5O2S/c29-22(19-7-4-14-30-19)24-8-9-27-10-12-28(13-11-27)21-18-15-20(17-5-2-1-3-6-17)31-23(18)26-16-25-21/h1-7,14-16H,8-13H2,(H,24,29). The fourth-order valence-electron chi connectivity index (χ4n) is 3.85. The lowest BCUT2D eigenvalue weighted by molar-refractivity contribution is 0.0920. The molecule has 0 saturated carbocycles. The minimum Gasteiger partial charge on any atom is -0.459 e. The van der Waals surface area contributed by atoms with Gasteiger partial charge in [0.15, 0.2) is 5.76 Å². The van der Waals surface area contributed by atoms with E-state index in [-0.39, 0.29) is 5.91 Å². The molecule has 0 aliphatic carbocycles. The Morgan fingerprint density at radius 1 is 1.06 bits per heavy atom. The van der Waals surface area contributed by atoms with Crippen molar-refractivity contribution in [2.45, 2.75) is 0 Å². The molecule has 1 N–H and O–H groups in total. The van der Waals surface area contributed by atoms with Gasteiger partial charge in [0.25, 0.3) is 5.91 Å². The maximum Gasteiger partial charge on any atom is 0.287 e. The predicted molar refractivity (Wildman–Crippen MR) is 123 cm³/mol. The number of nitrogens with one attached hydrogen (secondary N) is 1. The quantitative estimate of drug-likeness (QED) is 0.502. The average Bonchev–Trinajstić information content (AvgIpc) is 3.50. The number of anilines is 1. The van der Waals surface area contributed by atoms with Crippen molar-refractivity contribution in [2.24, 2.45) is 0 Å². The molecule has 1 fully saturated rings. The average molecular weight is 434 g/mol. The summed E-state index contributed by atoms with van der Waals surface area (Å²) in [4.78, 5) is 28.0. The SMILES string of the molecule is O=C(NCCN1CCN(c2ncnc3sc(-c4ccccc4)cc23)CC1)c1ccco1. The second-order valence-electron chi connectivity index (χ2n) is 7.45. The van der Waals surface area contributed by atoms with E-state index >= 15 is 0 Å². The first-order valence-corrected chi connectivity index (χ1v) is 11.2. The Bertz CT molecular complexity index is 1150. The van der Waals surface area contributed by atoms with Crippen LogP contribution >= 0.6 is 11.3 Å². The number of aromatic nitrogens is 2. The van der Waals surface area contributed by atoms with Gasteiger partial charge in [0, 0.05) is 44.1 Å². The highest BCUT2D eigenvalue weighted by Crippen LogP contribution is 2.36. The highest BCUT2D eigenvalue weighted by molar-refractivity contribution is 7.21. The number of amides is 1. The second-order valence-corrected chi connectivity index (χ2v) is 8.49. The van der Waals surface area contributed by atoms with Crippen LogP contribution in [-0.2, 0) is 0 Å². The van der Waals surface area contributed by atoms with Gasteiger partial charge < -0.3 is 14.6 Å². The summed E-state index contributed by atoms with van der Waals surface area (Å²) >= 11 is 1.71. The van der Waals surface area contributed by atoms with Crippen LogP contribution in [0.25, 0.3) is 20.7 Å². The van der Waals surface area contributed by atoms with Gasteiger partial charge in [-0.3, -0.25) is 9.69 Å². The van der Waals surface area contributed by atoms with Crippen LogP contribution in [0.2, 0.25) is 0 Å². The van der Waals surface area contributed by atoms with Gasteiger partial charge in [-0.2, -0.15) is 0 Å². The van der Waals surface area contributed by atoms with Gasteiger partial charge in [-0.05, 0) is 23.8 Å². The number of rotatable bonds is 6. The van der Waals surface area contributed by atoms with Gasteiger partial charge in [-0.25, -0.2) is 9.97 Å². The van der Waals surface area contributed by atoms with Crippen molar-refractivity contribution in [3.05, 3.63) is 66.9 Å². The molecule has 4 aromatic rings. The summed E-state index contributed by atoms with van der Waals surface area (Å²) in [5, 5.41) is 4.03. The zero-order chi connectivity index (χ0) is 21.0. The Balaban J connectivity index is 1.20. The van der Waals surface area contributed by atoms with E-state index in [0.717, 1.165) is 48.8 Å². The summed E-state index contributed by atoms with van der Waals surface area (Å²) in [6, 6.07) is 16.0. The molecule has 0 atom stereocenters. The fourth-order valence-corrected chi connectivity index (χ4v) is 4.84. The molecule has 5 rings (SSSR count). The predicted octanol–water partition coefficient (Wildman–Crippen LogP) is 3.50. The van der Waals surface area contributed by atoms with Crippen molar-refractivity contribution < 1.29 is 9.21 Å². The number of thiophene rings is 1. The van der Waals surface area contributed by atoms with E-state index in [4.69, 9.17) is 4.42 Å². The molecule has 31 heavy (non-hydrogen) atoms. The summed E-state index contributed by atoms with van der Waals surface area (Å²) in [7, 11) is 0. The zero-order valence-electron chi connectivity index (χ0n) is 17.0. The smallest absolute Gasteiger partial charge is 0.287 e. The molecule has 1 aliphatic rings. The Hall–Kier alpha value is -3.23. The van der Waals surface area contributed by atoms with Crippen LogP contribution in [0.15, 0.2) is 65.5 Å². The van der Waals surface area contributed by atoms with E-state index in [9.17, 15) is 4.79 Å². The summed E-state index contributed by atoms with van der Waals surface area (Å²) in [6.07, 6.45) is 3.17. The third-order valence-corrected chi connectivity index (χ3v) is 6.59. The number of piperazine rings is 1. The number of hydrogen-bond acceptors (Lipinski definition) is 7. The topological polar surface area (TPSA) is 74.5 Å². The third-order valence-electron chi connectivity index (χ3n) is 5.50. The van der Waals surface area contributed by atoms with Crippen molar-refractivity contribution in [1.29, 1.82) is 0 Å². The summed E-state index contributed by atoms with van der Waals surface area (Å²) in [5.41, 5.74) is 1.21.